The number of carbonyl (C=O) groups excluding carboxylic acids is 1. The van der Waals surface area contributed by atoms with Crippen molar-refractivity contribution in [1.82, 2.24) is 10.3 Å². The first-order valence-corrected chi connectivity index (χ1v) is 7.91. The number of hydrogen-bond donors (Lipinski definition) is 1. The van der Waals surface area contributed by atoms with Crippen LogP contribution < -0.4 is 5.32 Å². The fraction of sp³-hybridized carbons (Fsp3) is 0.333. The summed E-state index contributed by atoms with van der Waals surface area (Å²) in [6.07, 6.45) is 1.43. The molecule has 0 bridgehead atoms. The van der Waals surface area contributed by atoms with Gasteiger partial charge in [0.05, 0.1) is 27.3 Å². The summed E-state index contributed by atoms with van der Waals surface area (Å²) in [5.74, 6) is -1.50. The first kappa shape index (κ1) is 17.0. The highest BCUT2D eigenvalue weighted by molar-refractivity contribution is 7.11. The maximum Gasteiger partial charge on any atom is 0.272 e. The highest BCUT2D eigenvalue weighted by Gasteiger charge is 2.16. The highest BCUT2D eigenvalue weighted by Crippen LogP contribution is 2.18. The van der Waals surface area contributed by atoms with Crippen molar-refractivity contribution in [2.24, 2.45) is 0 Å². The molecule has 0 aliphatic carbocycles. The molecule has 122 valence electrons. The van der Waals surface area contributed by atoms with Crippen LogP contribution in [0, 0.1) is 22.9 Å². The number of thiazole rings is 1. The average molecular weight is 337 g/mol. The topological polar surface area (TPSA) is 85.1 Å². The molecule has 0 saturated carbocycles. The largest absolute Gasteiger partial charge is 0.352 e. The Hall–Kier alpha value is -2.35. The molecule has 1 amide bonds. The van der Waals surface area contributed by atoms with E-state index in [2.05, 4.69) is 10.3 Å². The molecule has 1 N–H and O–H groups in total. The normalized spacial score (nSPS) is 10.6. The second kappa shape index (κ2) is 7.28. The number of carbonyl (C=O) groups is 1. The molecule has 0 atom stereocenters. The van der Waals surface area contributed by atoms with Crippen LogP contribution in [0.1, 0.15) is 32.9 Å². The summed E-state index contributed by atoms with van der Waals surface area (Å²) in [5, 5.41) is 14.1. The number of non-ortho nitro benzene ring substituents is 1. The monoisotopic (exact) mass is 337 g/mol. The molecule has 8 heteroatoms. The Morgan fingerprint density at radius 2 is 2.22 bits per heavy atom. The number of nitro groups is 1. The molecule has 23 heavy (non-hydrogen) atoms. The smallest absolute Gasteiger partial charge is 0.272 e. The number of hydrogen-bond acceptors (Lipinski definition) is 5. The molecule has 2 rings (SSSR count). The summed E-state index contributed by atoms with van der Waals surface area (Å²) in [4.78, 5) is 27.4. The van der Waals surface area contributed by atoms with Crippen LogP contribution in [0.4, 0.5) is 10.1 Å². The van der Waals surface area contributed by atoms with Crippen molar-refractivity contribution in [2.75, 3.05) is 6.54 Å². The third kappa shape index (κ3) is 4.10. The second-order valence-electron chi connectivity index (χ2n) is 4.89. The van der Waals surface area contributed by atoms with E-state index in [-0.39, 0.29) is 11.3 Å². The quantitative estimate of drug-likeness (QED) is 0.648. The molecular weight excluding hydrogens is 321 g/mol. The first-order valence-electron chi connectivity index (χ1n) is 7.09. The zero-order chi connectivity index (χ0) is 17.0. The maximum absolute atomic E-state index is 13.7. The SMILES string of the molecule is CCc1nc(CCNC(=O)c2ccc([N+](=O)[O-])cc2F)sc1C. The summed E-state index contributed by atoms with van der Waals surface area (Å²) in [6, 6.07) is 2.97. The van der Waals surface area contributed by atoms with Crippen molar-refractivity contribution in [2.45, 2.75) is 26.7 Å². The van der Waals surface area contributed by atoms with Crippen LogP contribution >= 0.6 is 11.3 Å². The molecule has 0 aliphatic heterocycles. The zero-order valence-electron chi connectivity index (χ0n) is 12.8. The summed E-state index contributed by atoms with van der Waals surface area (Å²) in [7, 11) is 0. The van der Waals surface area contributed by atoms with Crippen molar-refractivity contribution in [1.29, 1.82) is 0 Å². The Morgan fingerprint density at radius 3 is 2.78 bits per heavy atom. The van der Waals surface area contributed by atoms with E-state index in [0.29, 0.717) is 13.0 Å². The van der Waals surface area contributed by atoms with E-state index >= 15 is 0 Å². The third-order valence-corrected chi connectivity index (χ3v) is 4.38. The summed E-state index contributed by atoms with van der Waals surface area (Å²) < 4.78 is 13.7. The van der Waals surface area contributed by atoms with Gasteiger partial charge < -0.3 is 5.32 Å². The number of amides is 1. The number of benzene rings is 1. The fourth-order valence-electron chi connectivity index (χ4n) is 2.10. The Balaban J connectivity index is 1.95. The van der Waals surface area contributed by atoms with E-state index < -0.39 is 16.6 Å². The molecule has 1 aromatic carbocycles. The minimum Gasteiger partial charge on any atom is -0.352 e. The molecule has 0 unspecified atom stereocenters. The van der Waals surface area contributed by atoms with Crippen molar-refractivity contribution in [3.63, 3.8) is 0 Å². The Morgan fingerprint density at radius 1 is 1.48 bits per heavy atom. The lowest BCUT2D eigenvalue weighted by molar-refractivity contribution is -0.385. The van der Waals surface area contributed by atoms with E-state index in [1.807, 2.05) is 13.8 Å². The van der Waals surface area contributed by atoms with Gasteiger partial charge in [-0.05, 0) is 19.4 Å². The van der Waals surface area contributed by atoms with Gasteiger partial charge in [-0.15, -0.1) is 11.3 Å². The van der Waals surface area contributed by atoms with E-state index in [1.165, 1.54) is 0 Å². The molecule has 0 fully saturated rings. The average Bonchev–Trinajstić information content (AvgIpc) is 2.86. The number of rotatable bonds is 6. The van der Waals surface area contributed by atoms with Crippen LogP contribution in [0.3, 0.4) is 0 Å². The van der Waals surface area contributed by atoms with Gasteiger partial charge >= 0.3 is 0 Å². The Labute approximate surface area is 136 Å². The highest BCUT2D eigenvalue weighted by atomic mass is 32.1. The molecule has 0 aliphatic rings. The lowest BCUT2D eigenvalue weighted by atomic mass is 10.2. The molecule has 0 saturated heterocycles. The minimum atomic E-state index is -0.907. The molecular formula is C15H16FN3O3S. The summed E-state index contributed by atoms with van der Waals surface area (Å²) >= 11 is 1.58. The van der Waals surface area contributed by atoms with Crippen LogP contribution in [-0.4, -0.2) is 22.4 Å². The molecule has 6 nitrogen and oxygen atoms in total. The van der Waals surface area contributed by atoms with Gasteiger partial charge in [-0.25, -0.2) is 9.37 Å². The predicted octanol–water partition coefficient (Wildman–Crippen LogP) is 3.03. The number of halogens is 1. The van der Waals surface area contributed by atoms with Gasteiger partial charge in [-0.2, -0.15) is 0 Å². The van der Waals surface area contributed by atoms with Gasteiger partial charge in [-0.3, -0.25) is 14.9 Å². The summed E-state index contributed by atoms with van der Waals surface area (Å²) in [6.45, 7) is 4.36. The number of nitrogens with one attached hydrogen (secondary N) is 1. The van der Waals surface area contributed by atoms with Gasteiger partial charge in [0.25, 0.3) is 11.6 Å². The summed E-state index contributed by atoms with van der Waals surface area (Å²) in [5.41, 5.74) is 0.460. The minimum absolute atomic E-state index is 0.208. The first-order chi connectivity index (χ1) is 10.9. The molecule has 0 radical (unpaired) electrons. The number of aryl methyl sites for hydroxylation is 2. The van der Waals surface area contributed by atoms with Crippen molar-refractivity contribution < 1.29 is 14.1 Å². The van der Waals surface area contributed by atoms with Gasteiger partial charge in [0.1, 0.15) is 5.82 Å². The van der Waals surface area contributed by atoms with Crippen LogP contribution in [0.25, 0.3) is 0 Å². The second-order valence-corrected chi connectivity index (χ2v) is 6.18. The predicted molar refractivity (Wildman–Crippen MR) is 85.3 cm³/mol. The van der Waals surface area contributed by atoms with E-state index in [1.54, 1.807) is 11.3 Å². The van der Waals surface area contributed by atoms with Crippen LogP contribution in [0.5, 0.6) is 0 Å². The Bertz CT molecular complexity index is 746. The van der Waals surface area contributed by atoms with E-state index in [0.717, 1.165) is 40.2 Å². The van der Waals surface area contributed by atoms with Gasteiger partial charge in [0.15, 0.2) is 0 Å². The number of nitrogens with zero attached hydrogens (tertiary/aromatic N) is 2. The number of aromatic nitrogens is 1. The molecule has 2 aromatic rings. The van der Waals surface area contributed by atoms with Crippen LogP contribution in [0.2, 0.25) is 0 Å². The van der Waals surface area contributed by atoms with Crippen molar-refractivity contribution >= 4 is 22.9 Å². The lowest BCUT2D eigenvalue weighted by Crippen LogP contribution is -2.26. The van der Waals surface area contributed by atoms with Crippen LogP contribution in [-0.2, 0) is 12.8 Å². The molecule has 1 aromatic heterocycles. The molecule has 0 spiro atoms. The van der Waals surface area contributed by atoms with E-state index in [9.17, 15) is 19.3 Å². The van der Waals surface area contributed by atoms with E-state index in [4.69, 9.17) is 0 Å². The molecule has 1 heterocycles. The van der Waals surface area contributed by atoms with Gasteiger partial charge in [0.2, 0.25) is 0 Å². The van der Waals surface area contributed by atoms with Gasteiger partial charge in [0, 0.05) is 23.9 Å². The zero-order valence-corrected chi connectivity index (χ0v) is 13.6. The maximum atomic E-state index is 13.7. The van der Waals surface area contributed by atoms with Crippen molar-refractivity contribution in [3.8, 4) is 0 Å². The number of nitro benzene ring substituents is 1. The van der Waals surface area contributed by atoms with Gasteiger partial charge in [-0.1, -0.05) is 6.92 Å². The third-order valence-electron chi connectivity index (χ3n) is 3.30. The fourth-order valence-corrected chi connectivity index (χ4v) is 3.12. The van der Waals surface area contributed by atoms with Crippen LogP contribution in [0.15, 0.2) is 18.2 Å². The lowest BCUT2D eigenvalue weighted by Gasteiger charge is -2.05. The standard InChI is InChI=1S/C15H16FN3O3S/c1-3-13-9(2)23-14(18-13)6-7-17-15(20)11-5-4-10(19(21)22)8-12(11)16/h4-5,8H,3,6-7H2,1-2H3,(H,17,20). The Kier molecular flexibility index (Phi) is 5.38. The van der Waals surface area contributed by atoms with Crippen molar-refractivity contribution in [3.05, 3.63) is 55.3 Å².